The van der Waals surface area contributed by atoms with Gasteiger partial charge < -0.3 is 10.4 Å². The van der Waals surface area contributed by atoms with E-state index in [4.69, 9.17) is 0 Å². The van der Waals surface area contributed by atoms with Crippen molar-refractivity contribution in [3.05, 3.63) is 71.8 Å². The second-order valence-corrected chi connectivity index (χ2v) is 6.93. The number of likely N-dealkylation sites (N-methyl/N-ethyl adjacent to an activating group) is 2. The van der Waals surface area contributed by atoms with Gasteiger partial charge in [-0.05, 0) is 0 Å². The molecule has 0 aromatic heterocycles. The van der Waals surface area contributed by atoms with Crippen molar-refractivity contribution in [2.75, 3.05) is 20.6 Å². The molecule has 4 rings (SSSR count). The number of aliphatic carboxylic acids is 1. The summed E-state index contributed by atoms with van der Waals surface area (Å²) in [6.45, 7) is -0.555. The van der Waals surface area contributed by atoms with E-state index in [2.05, 4.69) is 5.32 Å². The topological polar surface area (TPSA) is 93.2 Å². The van der Waals surface area contributed by atoms with Crippen LogP contribution >= 0.6 is 0 Å². The van der Waals surface area contributed by atoms with Crippen molar-refractivity contribution in [1.82, 2.24) is 20.0 Å². The lowest BCUT2D eigenvalue weighted by atomic mass is 9.80. The first-order valence-corrected chi connectivity index (χ1v) is 8.81. The molecule has 2 atom stereocenters. The minimum absolute atomic E-state index is 0.330. The Labute approximate surface area is 162 Å². The predicted octanol–water partition coefficient (Wildman–Crippen LogP) is 1.80. The number of hydrogen-bond acceptors (Lipinski definition) is 3. The van der Waals surface area contributed by atoms with Crippen LogP contribution in [0, 0.1) is 0 Å². The Morgan fingerprint density at radius 2 is 1.46 bits per heavy atom. The number of hydrogen-bond donors (Lipinski definition) is 2. The molecule has 8 heteroatoms. The number of nitrogens with zero attached hydrogens (tertiary/aromatic N) is 3. The summed E-state index contributed by atoms with van der Waals surface area (Å²) in [6, 6.07) is 17.3. The van der Waals surface area contributed by atoms with Gasteiger partial charge >= 0.3 is 18.0 Å². The average molecular weight is 380 g/mol. The fraction of sp³-hybridized carbons (Fsp3) is 0.250. The van der Waals surface area contributed by atoms with Crippen molar-refractivity contribution in [2.45, 2.75) is 11.3 Å². The second-order valence-electron chi connectivity index (χ2n) is 6.93. The highest BCUT2D eigenvalue weighted by atomic mass is 16.4. The van der Waals surface area contributed by atoms with E-state index in [0.29, 0.717) is 11.1 Å². The van der Waals surface area contributed by atoms with E-state index in [1.165, 1.54) is 14.7 Å². The van der Waals surface area contributed by atoms with Gasteiger partial charge in [0.2, 0.25) is 0 Å². The van der Waals surface area contributed by atoms with Crippen LogP contribution in [0.1, 0.15) is 11.1 Å². The Balaban J connectivity index is 2.10. The number of nitrogens with one attached hydrogen (secondary N) is 1. The Morgan fingerprint density at radius 3 is 2.00 bits per heavy atom. The van der Waals surface area contributed by atoms with Gasteiger partial charge in [-0.2, -0.15) is 0 Å². The summed E-state index contributed by atoms with van der Waals surface area (Å²) in [7, 11) is 3.20. The number of fused-ring (bicyclic) bond motifs is 1. The lowest BCUT2D eigenvalue weighted by Crippen LogP contribution is -2.62. The molecule has 2 aromatic carbocycles. The quantitative estimate of drug-likeness (QED) is 0.846. The van der Waals surface area contributed by atoms with Gasteiger partial charge in [0.05, 0.1) is 0 Å². The highest BCUT2D eigenvalue weighted by Gasteiger charge is 2.75. The van der Waals surface area contributed by atoms with Crippen LogP contribution in [0.3, 0.4) is 0 Å². The molecule has 0 aliphatic carbocycles. The molecule has 2 fully saturated rings. The Bertz CT molecular complexity index is 951. The van der Waals surface area contributed by atoms with E-state index in [1.807, 2.05) is 36.4 Å². The molecule has 28 heavy (non-hydrogen) atoms. The third-order valence-electron chi connectivity index (χ3n) is 5.65. The number of rotatable bonds is 4. The molecule has 0 radical (unpaired) electrons. The van der Waals surface area contributed by atoms with Crippen LogP contribution in [0.25, 0.3) is 0 Å². The zero-order chi connectivity index (χ0) is 20.1. The van der Waals surface area contributed by atoms with Crippen molar-refractivity contribution >= 4 is 18.0 Å². The van der Waals surface area contributed by atoms with E-state index in [-0.39, 0.29) is 6.03 Å². The number of carboxylic acids is 1. The van der Waals surface area contributed by atoms with Crippen LogP contribution in [0.2, 0.25) is 0 Å². The van der Waals surface area contributed by atoms with Crippen LogP contribution in [0.15, 0.2) is 60.7 Å². The maximum Gasteiger partial charge on any atom is 0.324 e. The predicted molar refractivity (Wildman–Crippen MR) is 100 cm³/mol. The highest BCUT2D eigenvalue weighted by Crippen LogP contribution is 2.56. The molecular weight excluding hydrogens is 360 g/mol. The highest BCUT2D eigenvalue weighted by molar-refractivity contribution is 5.91. The van der Waals surface area contributed by atoms with Gasteiger partial charge in [0.15, 0.2) is 11.3 Å². The van der Waals surface area contributed by atoms with E-state index < -0.39 is 29.9 Å². The van der Waals surface area contributed by atoms with Crippen molar-refractivity contribution in [3.63, 3.8) is 0 Å². The fourth-order valence-electron chi connectivity index (χ4n) is 4.60. The third kappa shape index (κ3) is 1.97. The molecule has 2 aliphatic rings. The normalized spacial score (nSPS) is 26.4. The molecule has 4 amide bonds. The summed E-state index contributed by atoms with van der Waals surface area (Å²) in [5, 5.41) is 12.4. The van der Waals surface area contributed by atoms with E-state index in [1.54, 1.807) is 38.4 Å². The molecular formula is C20H20N4O4. The number of urea groups is 2. The molecule has 2 aromatic rings. The van der Waals surface area contributed by atoms with Gasteiger partial charge in [-0.15, -0.1) is 0 Å². The van der Waals surface area contributed by atoms with Gasteiger partial charge in [-0.25, -0.2) is 9.59 Å². The van der Waals surface area contributed by atoms with Crippen LogP contribution < -0.4 is 5.32 Å². The molecule has 8 nitrogen and oxygen atoms in total. The van der Waals surface area contributed by atoms with E-state index in [0.717, 1.165) is 0 Å². The zero-order valence-corrected chi connectivity index (χ0v) is 15.5. The monoisotopic (exact) mass is 380 g/mol. The Morgan fingerprint density at radius 1 is 0.929 bits per heavy atom. The second kappa shape index (κ2) is 5.98. The van der Waals surface area contributed by atoms with Gasteiger partial charge in [-0.3, -0.25) is 19.5 Å². The van der Waals surface area contributed by atoms with Crippen LogP contribution in [-0.2, 0) is 16.1 Å². The standard InChI is InChI=1S/C20H20N4O4/c1-22-18(28)23(2)20(15-11-7-4-8-12-15)19(22,14-9-5-3-6-10-14)21-17(27)24(20)13-16(25)26/h3-12H,13H2,1-2H3,(H,21,27)(H,25,26). The first kappa shape index (κ1) is 17.8. The first-order valence-electron chi connectivity index (χ1n) is 8.81. The number of carbonyl (C=O) groups is 3. The fourth-order valence-corrected chi connectivity index (χ4v) is 4.60. The molecule has 2 saturated heterocycles. The van der Waals surface area contributed by atoms with Crippen LogP contribution in [-0.4, -0.2) is 58.5 Å². The Kier molecular flexibility index (Phi) is 3.81. The Hall–Kier alpha value is -3.55. The van der Waals surface area contributed by atoms with Gasteiger partial charge in [0.25, 0.3) is 0 Å². The number of carbonyl (C=O) groups excluding carboxylic acids is 2. The lowest BCUT2D eigenvalue weighted by molar-refractivity contribution is -0.141. The lowest BCUT2D eigenvalue weighted by Gasteiger charge is -2.46. The molecule has 2 heterocycles. The number of carboxylic acid groups (broad SMARTS) is 1. The number of benzene rings is 2. The smallest absolute Gasteiger partial charge is 0.324 e. The minimum Gasteiger partial charge on any atom is -0.480 e. The molecule has 2 N–H and O–H groups in total. The summed E-state index contributed by atoms with van der Waals surface area (Å²) in [5.74, 6) is -1.16. The van der Waals surface area contributed by atoms with E-state index >= 15 is 0 Å². The maximum absolute atomic E-state index is 13.1. The van der Waals surface area contributed by atoms with Crippen molar-refractivity contribution < 1.29 is 19.5 Å². The minimum atomic E-state index is -1.38. The molecule has 0 saturated carbocycles. The van der Waals surface area contributed by atoms with Crippen LogP contribution in [0.5, 0.6) is 0 Å². The zero-order valence-electron chi connectivity index (χ0n) is 15.5. The van der Waals surface area contributed by atoms with Gasteiger partial charge in [-0.1, -0.05) is 60.7 Å². The SMILES string of the molecule is CN1C(=O)N(C)C2(c3ccccc3)N(CC(=O)O)C(=O)NC12c1ccccc1. The van der Waals surface area contributed by atoms with Crippen molar-refractivity contribution in [2.24, 2.45) is 0 Å². The first-order chi connectivity index (χ1) is 13.4. The molecule has 2 aliphatic heterocycles. The largest absolute Gasteiger partial charge is 0.480 e. The summed E-state index contributed by atoms with van der Waals surface area (Å²) in [6.07, 6.45) is 0. The van der Waals surface area contributed by atoms with E-state index in [9.17, 15) is 19.5 Å². The summed E-state index contributed by atoms with van der Waals surface area (Å²) < 4.78 is 0. The van der Waals surface area contributed by atoms with Crippen LogP contribution in [0.4, 0.5) is 9.59 Å². The third-order valence-corrected chi connectivity index (χ3v) is 5.65. The molecule has 0 spiro atoms. The summed E-state index contributed by atoms with van der Waals surface area (Å²) >= 11 is 0. The van der Waals surface area contributed by atoms with Gasteiger partial charge in [0.1, 0.15) is 6.54 Å². The molecule has 2 unspecified atom stereocenters. The van der Waals surface area contributed by atoms with Crippen molar-refractivity contribution in [3.8, 4) is 0 Å². The summed E-state index contributed by atoms with van der Waals surface area (Å²) in [4.78, 5) is 42.0. The number of amides is 4. The summed E-state index contributed by atoms with van der Waals surface area (Å²) in [5.41, 5.74) is -1.36. The molecule has 144 valence electrons. The molecule has 0 bridgehead atoms. The van der Waals surface area contributed by atoms with Gasteiger partial charge in [0, 0.05) is 25.2 Å². The maximum atomic E-state index is 13.1. The average Bonchev–Trinajstić information content (AvgIpc) is 3.05. The van der Waals surface area contributed by atoms with Crippen molar-refractivity contribution in [1.29, 1.82) is 0 Å².